The zero-order valence-corrected chi connectivity index (χ0v) is 14.2. The number of aryl methyl sites for hydroxylation is 1. The van der Waals surface area contributed by atoms with E-state index in [9.17, 15) is 0 Å². The second-order valence-corrected chi connectivity index (χ2v) is 7.14. The lowest BCUT2D eigenvalue weighted by atomic mass is 10.2. The van der Waals surface area contributed by atoms with Crippen LogP contribution in [-0.2, 0) is 0 Å². The molecule has 1 fully saturated rings. The van der Waals surface area contributed by atoms with Gasteiger partial charge in [-0.3, -0.25) is 4.40 Å². The molecule has 5 nitrogen and oxygen atoms in total. The summed E-state index contributed by atoms with van der Waals surface area (Å²) in [7, 11) is 0. The number of anilines is 1. The van der Waals surface area contributed by atoms with E-state index in [0.717, 1.165) is 47.4 Å². The van der Waals surface area contributed by atoms with Crippen molar-refractivity contribution in [3.8, 4) is 0 Å². The molecule has 0 aliphatic carbocycles. The van der Waals surface area contributed by atoms with Crippen molar-refractivity contribution in [2.45, 2.75) is 25.8 Å². The molecule has 6 heteroatoms. The number of benzene rings is 1. The van der Waals surface area contributed by atoms with E-state index in [1.165, 1.54) is 5.01 Å². The number of aromatic nitrogens is 4. The van der Waals surface area contributed by atoms with Gasteiger partial charge in [0.15, 0.2) is 5.82 Å². The molecule has 0 N–H and O–H groups in total. The first-order valence-corrected chi connectivity index (χ1v) is 9.09. The summed E-state index contributed by atoms with van der Waals surface area (Å²) in [6.07, 6.45) is 6.08. The van der Waals surface area contributed by atoms with Gasteiger partial charge in [-0.2, -0.15) is 0 Å². The SMILES string of the molecule is Cc1csc(C2CCCN2c2nc3ccccc3n3cncc23)n1. The fourth-order valence-corrected chi connectivity index (χ4v) is 4.54. The second-order valence-electron chi connectivity index (χ2n) is 6.25. The third-order valence-corrected chi connectivity index (χ3v) is 5.75. The highest BCUT2D eigenvalue weighted by Gasteiger charge is 2.31. The summed E-state index contributed by atoms with van der Waals surface area (Å²) >= 11 is 1.75. The van der Waals surface area contributed by atoms with Gasteiger partial charge in [-0.1, -0.05) is 12.1 Å². The number of thiazole rings is 1. The molecule has 3 aromatic heterocycles. The molecular formula is C18H17N5S. The van der Waals surface area contributed by atoms with Crippen LogP contribution in [-0.4, -0.2) is 25.9 Å². The average Bonchev–Trinajstić information content (AvgIpc) is 3.34. The Balaban J connectivity index is 1.71. The van der Waals surface area contributed by atoms with Gasteiger partial charge in [-0.05, 0) is 31.9 Å². The van der Waals surface area contributed by atoms with Gasteiger partial charge in [0.05, 0.1) is 29.6 Å². The van der Waals surface area contributed by atoms with Gasteiger partial charge in [-0.25, -0.2) is 15.0 Å². The van der Waals surface area contributed by atoms with Crippen molar-refractivity contribution >= 4 is 33.7 Å². The van der Waals surface area contributed by atoms with Gasteiger partial charge in [-0.15, -0.1) is 11.3 Å². The van der Waals surface area contributed by atoms with Crippen LogP contribution < -0.4 is 4.90 Å². The van der Waals surface area contributed by atoms with Crippen molar-refractivity contribution in [1.29, 1.82) is 0 Å². The number of imidazole rings is 1. The van der Waals surface area contributed by atoms with E-state index < -0.39 is 0 Å². The highest BCUT2D eigenvalue weighted by molar-refractivity contribution is 7.09. The number of hydrogen-bond acceptors (Lipinski definition) is 5. The first-order chi connectivity index (χ1) is 11.8. The number of para-hydroxylation sites is 2. The molecule has 5 rings (SSSR count). The maximum absolute atomic E-state index is 4.98. The lowest BCUT2D eigenvalue weighted by Crippen LogP contribution is -2.24. The predicted octanol–water partition coefficient (Wildman–Crippen LogP) is 3.99. The van der Waals surface area contributed by atoms with E-state index in [-0.39, 0.29) is 0 Å². The van der Waals surface area contributed by atoms with Crippen LogP contribution in [0.1, 0.15) is 29.6 Å². The Labute approximate surface area is 143 Å². The quantitative estimate of drug-likeness (QED) is 0.556. The van der Waals surface area contributed by atoms with E-state index in [4.69, 9.17) is 9.97 Å². The van der Waals surface area contributed by atoms with E-state index in [0.29, 0.717) is 6.04 Å². The Morgan fingerprint density at radius 3 is 2.96 bits per heavy atom. The molecule has 4 aromatic rings. The van der Waals surface area contributed by atoms with Gasteiger partial charge < -0.3 is 4.90 Å². The predicted molar refractivity (Wildman–Crippen MR) is 96.7 cm³/mol. The Morgan fingerprint density at radius 1 is 1.17 bits per heavy atom. The van der Waals surface area contributed by atoms with Crippen LogP contribution in [0.2, 0.25) is 0 Å². The minimum Gasteiger partial charge on any atom is -0.345 e. The zero-order chi connectivity index (χ0) is 16.1. The van der Waals surface area contributed by atoms with Crippen LogP contribution in [0, 0.1) is 6.92 Å². The zero-order valence-electron chi connectivity index (χ0n) is 13.4. The summed E-state index contributed by atoms with van der Waals surface area (Å²) in [5.41, 5.74) is 4.25. The minimum atomic E-state index is 0.316. The smallest absolute Gasteiger partial charge is 0.155 e. The lowest BCUT2D eigenvalue weighted by molar-refractivity contribution is 0.705. The van der Waals surface area contributed by atoms with E-state index in [1.807, 2.05) is 24.7 Å². The van der Waals surface area contributed by atoms with Gasteiger partial charge in [0.2, 0.25) is 0 Å². The van der Waals surface area contributed by atoms with E-state index >= 15 is 0 Å². The number of fused-ring (bicyclic) bond motifs is 3. The number of hydrogen-bond donors (Lipinski definition) is 0. The molecule has 0 bridgehead atoms. The first-order valence-electron chi connectivity index (χ1n) is 8.21. The maximum atomic E-state index is 4.98. The van der Waals surface area contributed by atoms with Crippen molar-refractivity contribution in [2.24, 2.45) is 0 Å². The third-order valence-electron chi connectivity index (χ3n) is 4.68. The molecule has 1 aliphatic rings. The molecule has 1 aromatic carbocycles. The molecule has 1 unspecified atom stereocenters. The normalized spacial score (nSPS) is 18.0. The molecule has 1 atom stereocenters. The Morgan fingerprint density at radius 2 is 2.08 bits per heavy atom. The lowest BCUT2D eigenvalue weighted by Gasteiger charge is -2.25. The number of nitrogens with zero attached hydrogens (tertiary/aromatic N) is 5. The third kappa shape index (κ3) is 2.03. The topological polar surface area (TPSA) is 46.3 Å². The fourth-order valence-electron chi connectivity index (χ4n) is 3.60. The van der Waals surface area contributed by atoms with Crippen LogP contribution in [0.5, 0.6) is 0 Å². The van der Waals surface area contributed by atoms with Gasteiger partial charge in [0.25, 0.3) is 0 Å². The summed E-state index contributed by atoms with van der Waals surface area (Å²) < 4.78 is 2.14. The molecule has 1 aliphatic heterocycles. The van der Waals surface area contributed by atoms with Crippen LogP contribution in [0.4, 0.5) is 5.82 Å². The molecule has 24 heavy (non-hydrogen) atoms. The van der Waals surface area contributed by atoms with Crippen molar-refractivity contribution in [2.75, 3.05) is 11.4 Å². The van der Waals surface area contributed by atoms with Gasteiger partial charge in [0.1, 0.15) is 10.5 Å². The monoisotopic (exact) mass is 335 g/mol. The summed E-state index contributed by atoms with van der Waals surface area (Å²) in [6.45, 7) is 3.07. The molecule has 0 amide bonds. The Kier molecular flexibility index (Phi) is 3.06. The summed E-state index contributed by atoms with van der Waals surface area (Å²) in [5.74, 6) is 1.02. The molecule has 0 spiro atoms. The summed E-state index contributed by atoms with van der Waals surface area (Å²) in [4.78, 5) is 16.5. The number of rotatable bonds is 2. The largest absolute Gasteiger partial charge is 0.345 e. The van der Waals surface area contributed by atoms with Crippen molar-refractivity contribution in [3.05, 3.63) is 52.9 Å². The van der Waals surface area contributed by atoms with Gasteiger partial charge in [0, 0.05) is 17.6 Å². The van der Waals surface area contributed by atoms with E-state index in [2.05, 4.69) is 38.7 Å². The molecule has 4 heterocycles. The highest BCUT2D eigenvalue weighted by atomic mass is 32.1. The second kappa shape index (κ2) is 5.27. The average molecular weight is 335 g/mol. The molecule has 0 saturated carbocycles. The van der Waals surface area contributed by atoms with Crippen molar-refractivity contribution < 1.29 is 0 Å². The highest BCUT2D eigenvalue weighted by Crippen LogP contribution is 2.38. The Hall–Kier alpha value is -2.47. The Bertz CT molecular complexity index is 1030. The summed E-state index contributed by atoms with van der Waals surface area (Å²) in [5, 5.41) is 3.33. The van der Waals surface area contributed by atoms with Crippen molar-refractivity contribution in [3.63, 3.8) is 0 Å². The van der Waals surface area contributed by atoms with Crippen LogP contribution in [0.3, 0.4) is 0 Å². The minimum absolute atomic E-state index is 0.316. The van der Waals surface area contributed by atoms with Gasteiger partial charge >= 0.3 is 0 Å². The fraction of sp³-hybridized carbons (Fsp3) is 0.278. The van der Waals surface area contributed by atoms with Crippen LogP contribution in [0.15, 0.2) is 42.2 Å². The first kappa shape index (κ1) is 13.9. The van der Waals surface area contributed by atoms with E-state index in [1.54, 1.807) is 11.3 Å². The molecular weight excluding hydrogens is 318 g/mol. The molecule has 1 saturated heterocycles. The molecule has 120 valence electrons. The van der Waals surface area contributed by atoms with Crippen LogP contribution in [0.25, 0.3) is 16.6 Å². The standard InChI is InChI=1S/C18H17N5S/c1-12-10-24-18(20-12)15-7-4-8-22(15)17-16-9-19-11-23(16)14-6-3-2-5-13(14)21-17/h2-3,5-6,9-11,15H,4,7-8H2,1H3. The van der Waals surface area contributed by atoms with Crippen molar-refractivity contribution in [1.82, 2.24) is 19.4 Å². The molecule has 0 radical (unpaired) electrons. The maximum Gasteiger partial charge on any atom is 0.155 e. The summed E-state index contributed by atoms with van der Waals surface area (Å²) in [6, 6.07) is 8.55. The van der Waals surface area contributed by atoms with Crippen LogP contribution >= 0.6 is 11.3 Å².